The minimum atomic E-state index is -0.765. The number of nitrogens with zero attached hydrogens (tertiary/aromatic N) is 1. The van der Waals surface area contributed by atoms with Crippen molar-refractivity contribution in [1.82, 2.24) is 4.90 Å². The summed E-state index contributed by atoms with van der Waals surface area (Å²) in [5, 5.41) is 10.7. The number of amides is 1. The molecule has 1 aliphatic rings. The molecule has 0 spiro atoms. The Morgan fingerprint density at radius 1 is 1.10 bits per heavy atom. The second-order valence-electron chi connectivity index (χ2n) is 7.06. The van der Waals surface area contributed by atoms with Crippen molar-refractivity contribution in [1.29, 1.82) is 0 Å². The van der Waals surface area contributed by atoms with Gasteiger partial charge in [0.1, 0.15) is 12.4 Å². The lowest BCUT2D eigenvalue weighted by Crippen LogP contribution is -2.30. The second-order valence-corrected chi connectivity index (χ2v) is 7.06. The van der Waals surface area contributed by atoms with Crippen LogP contribution in [0.2, 0.25) is 0 Å². The van der Waals surface area contributed by atoms with Crippen LogP contribution in [0.4, 0.5) is 0 Å². The van der Waals surface area contributed by atoms with Crippen molar-refractivity contribution in [2.24, 2.45) is 0 Å². The molecule has 0 radical (unpaired) electrons. The second kappa shape index (κ2) is 8.75. The first-order valence-corrected chi connectivity index (χ1v) is 9.80. The van der Waals surface area contributed by atoms with E-state index < -0.39 is 23.5 Å². The maximum Gasteiger partial charge on any atom is 0.290 e. The number of aliphatic hydroxyl groups excluding tert-OH is 1. The van der Waals surface area contributed by atoms with Crippen LogP contribution in [0.25, 0.3) is 0 Å². The van der Waals surface area contributed by atoms with Crippen LogP contribution >= 0.6 is 0 Å². The Morgan fingerprint density at radius 3 is 2.48 bits per heavy atom. The van der Waals surface area contributed by atoms with E-state index in [4.69, 9.17) is 9.15 Å². The summed E-state index contributed by atoms with van der Waals surface area (Å²) in [4.78, 5) is 27.6. The zero-order chi connectivity index (χ0) is 21.8. The van der Waals surface area contributed by atoms with Crippen molar-refractivity contribution < 1.29 is 23.8 Å². The van der Waals surface area contributed by atoms with E-state index in [-0.39, 0.29) is 17.9 Å². The van der Waals surface area contributed by atoms with E-state index in [1.165, 1.54) is 17.2 Å². The van der Waals surface area contributed by atoms with Crippen LogP contribution in [-0.4, -0.2) is 28.3 Å². The monoisotopic (exact) mass is 415 g/mol. The van der Waals surface area contributed by atoms with E-state index in [0.717, 1.165) is 5.56 Å². The topological polar surface area (TPSA) is 80.0 Å². The molecule has 6 heteroatoms. The number of ketones is 1. The predicted octanol–water partition coefficient (Wildman–Crippen LogP) is 4.62. The van der Waals surface area contributed by atoms with Crippen LogP contribution in [0.3, 0.4) is 0 Å². The number of furan rings is 1. The average Bonchev–Trinajstić information content (AvgIpc) is 3.42. The van der Waals surface area contributed by atoms with Gasteiger partial charge >= 0.3 is 0 Å². The molecule has 3 aromatic rings. The van der Waals surface area contributed by atoms with Gasteiger partial charge in [-0.3, -0.25) is 9.59 Å². The summed E-state index contributed by atoms with van der Waals surface area (Å²) in [6.07, 6.45) is 3.02. The zero-order valence-electron chi connectivity index (χ0n) is 16.7. The Hall–Kier alpha value is -4.06. The number of carbonyl (C=O) groups is 2. The lowest BCUT2D eigenvalue weighted by molar-refractivity contribution is -0.130. The summed E-state index contributed by atoms with van der Waals surface area (Å²) in [5.74, 6) is -0.991. The maximum atomic E-state index is 13.1. The molecule has 0 saturated carbocycles. The molecule has 0 fully saturated rings. The predicted molar refractivity (Wildman–Crippen MR) is 115 cm³/mol. The average molecular weight is 415 g/mol. The fraction of sp³-hybridized carbons (Fsp3) is 0.120. The van der Waals surface area contributed by atoms with Gasteiger partial charge in [-0.25, -0.2) is 0 Å². The number of hydrogen-bond acceptors (Lipinski definition) is 5. The molecule has 156 valence electrons. The zero-order valence-corrected chi connectivity index (χ0v) is 16.7. The maximum absolute atomic E-state index is 13.1. The van der Waals surface area contributed by atoms with Gasteiger partial charge in [0.15, 0.2) is 11.5 Å². The van der Waals surface area contributed by atoms with E-state index in [1.807, 2.05) is 30.3 Å². The van der Waals surface area contributed by atoms with E-state index >= 15 is 0 Å². The fourth-order valence-corrected chi connectivity index (χ4v) is 3.62. The van der Waals surface area contributed by atoms with Crippen LogP contribution in [0, 0.1) is 0 Å². The number of Topliss-reactive ketones (excluding diaryl/α,β-unsaturated/α-hetero) is 1. The van der Waals surface area contributed by atoms with Crippen molar-refractivity contribution in [3.63, 3.8) is 0 Å². The van der Waals surface area contributed by atoms with Crippen molar-refractivity contribution >= 4 is 11.7 Å². The molecule has 2 heterocycles. The van der Waals surface area contributed by atoms with Crippen molar-refractivity contribution in [3.8, 4) is 5.75 Å². The van der Waals surface area contributed by atoms with Gasteiger partial charge in [-0.15, -0.1) is 0 Å². The molecule has 2 aromatic carbocycles. The highest BCUT2D eigenvalue weighted by atomic mass is 16.5. The summed E-state index contributed by atoms with van der Waals surface area (Å²) in [5.41, 5.74) is 1.55. The van der Waals surface area contributed by atoms with E-state index in [9.17, 15) is 14.7 Å². The molecule has 0 saturated heterocycles. The van der Waals surface area contributed by atoms with Gasteiger partial charge < -0.3 is 19.2 Å². The molecule has 6 nitrogen and oxygen atoms in total. The highest BCUT2D eigenvalue weighted by Crippen LogP contribution is 2.40. The summed E-state index contributed by atoms with van der Waals surface area (Å²) < 4.78 is 10.8. The molecular weight excluding hydrogens is 394 g/mol. The lowest BCUT2D eigenvalue weighted by Gasteiger charge is -2.27. The molecule has 31 heavy (non-hydrogen) atoms. The molecule has 1 aliphatic heterocycles. The minimum absolute atomic E-state index is 0.00404. The normalized spacial score (nSPS) is 15.9. The third-order valence-corrected chi connectivity index (χ3v) is 5.05. The number of ether oxygens (including phenoxy) is 1. The van der Waals surface area contributed by atoms with Crippen LogP contribution in [0.1, 0.15) is 27.7 Å². The molecule has 0 bridgehead atoms. The van der Waals surface area contributed by atoms with Gasteiger partial charge in [-0.05, 0) is 35.4 Å². The van der Waals surface area contributed by atoms with Crippen LogP contribution < -0.4 is 4.74 Å². The Bertz CT molecular complexity index is 1110. The Kier molecular flexibility index (Phi) is 5.71. The smallest absolute Gasteiger partial charge is 0.290 e. The molecule has 1 amide bonds. The van der Waals surface area contributed by atoms with Gasteiger partial charge in [0.05, 0.1) is 17.9 Å². The van der Waals surface area contributed by atoms with Crippen molar-refractivity contribution in [2.45, 2.75) is 12.6 Å². The first-order valence-electron chi connectivity index (χ1n) is 9.80. The van der Waals surface area contributed by atoms with Gasteiger partial charge in [-0.2, -0.15) is 0 Å². The SMILES string of the molecule is C=CCOc1ccc(C2C(C(=O)c3ccco3)=C(O)C(=O)N2Cc2ccccc2)cc1. The van der Waals surface area contributed by atoms with Gasteiger partial charge in [0.25, 0.3) is 5.91 Å². The summed E-state index contributed by atoms with van der Waals surface area (Å²) >= 11 is 0. The molecule has 1 unspecified atom stereocenters. The third-order valence-electron chi connectivity index (χ3n) is 5.05. The molecule has 1 aromatic heterocycles. The van der Waals surface area contributed by atoms with Crippen LogP contribution in [-0.2, 0) is 11.3 Å². The Morgan fingerprint density at radius 2 is 1.84 bits per heavy atom. The van der Waals surface area contributed by atoms with Crippen LogP contribution in [0.15, 0.2) is 101 Å². The minimum Gasteiger partial charge on any atom is -0.503 e. The number of aliphatic hydroxyl groups is 1. The Balaban J connectivity index is 1.74. The van der Waals surface area contributed by atoms with Gasteiger partial charge in [0, 0.05) is 6.54 Å². The lowest BCUT2D eigenvalue weighted by atomic mass is 9.95. The molecule has 4 rings (SSSR count). The van der Waals surface area contributed by atoms with Gasteiger partial charge in [-0.1, -0.05) is 55.1 Å². The number of carbonyl (C=O) groups excluding carboxylic acids is 2. The van der Waals surface area contributed by atoms with E-state index in [1.54, 1.807) is 36.4 Å². The first-order chi connectivity index (χ1) is 15.1. The molecule has 0 aliphatic carbocycles. The quantitative estimate of drug-likeness (QED) is 0.429. The van der Waals surface area contributed by atoms with Crippen molar-refractivity contribution in [3.05, 3.63) is 114 Å². The largest absolute Gasteiger partial charge is 0.503 e. The van der Waals surface area contributed by atoms with E-state index in [2.05, 4.69) is 6.58 Å². The number of benzene rings is 2. The highest BCUT2D eigenvalue weighted by Gasteiger charge is 2.44. The molecule has 1 N–H and O–H groups in total. The third kappa shape index (κ3) is 4.00. The highest BCUT2D eigenvalue weighted by molar-refractivity contribution is 6.15. The van der Waals surface area contributed by atoms with Crippen molar-refractivity contribution in [2.75, 3.05) is 6.61 Å². The summed E-state index contributed by atoms with van der Waals surface area (Å²) in [6.45, 7) is 4.23. The van der Waals surface area contributed by atoms with Crippen LogP contribution in [0.5, 0.6) is 5.75 Å². The Labute approximate surface area is 179 Å². The summed E-state index contributed by atoms with van der Waals surface area (Å²) in [6, 6.07) is 18.8. The fourth-order valence-electron chi connectivity index (χ4n) is 3.62. The first kappa shape index (κ1) is 20.2. The number of hydrogen-bond donors (Lipinski definition) is 1. The molecule has 1 atom stereocenters. The standard InChI is InChI=1S/C25H21NO5/c1-2-14-30-19-12-10-18(11-13-19)22-21(23(27)20-9-6-15-31-20)24(28)25(29)26(22)16-17-7-4-3-5-8-17/h2-13,15,22,28H,1,14,16H2. The molecular formula is C25H21NO5. The summed E-state index contributed by atoms with van der Waals surface area (Å²) in [7, 11) is 0. The van der Waals surface area contributed by atoms with E-state index in [0.29, 0.717) is 17.9 Å². The number of rotatable bonds is 8. The van der Waals surface area contributed by atoms with Gasteiger partial charge in [0.2, 0.25) is 5.78 Å².